The van der Waals surface area contributed by atoms with Gasteiger partial charge in [0, 0.05) is 49.8 Å². The molecule has 9 nitrogen and oxygen atoms in total. The number of likely N-dealkylation sites (N-methyl/N-ethyl adjacent to an activating group) is 1. The van der Waals surface area contributed by atoms with Gasteiger partial charge in [-0.1, -0.05) is 30.3 Å². The normalized spacial score (nSPS) is 13.5. The molecular weight excluding hydrogens is 516 g/mol. The molecule has 0 bridgehead atoms. The van der Waals surface area contributed by atoms with Crippen molar-refractivity contribution in [1.82, 2.24) is 14.9 Å². The van der Waals surface area contributed by atoms with Gasteiger partial charge >= 0.3 is 6.09 Å². The molecule has 1 amide bonds. The van der Waals surface area contributed by atoms with Gasteiger partial charge in [-0.05, 0) is 75.3 Å². The Hall–Kier alpha value is -4.63. The maximum atomic E-state index is 13.8. The fourth-order valence-corrected chi connectivity index (χ4v) is 4.93. The highest BCUT2D eigenvalue weighted by Gasteiger charge is 2.27. The topological polar surface area (TPSA) is 83.1 Å². The zero-order valence-electron chi connectivity index (χ0n) is 24.0. The summed E-state index contributed by atoms with van der Waals surface area (Å²) in [4.78, 5) is 28.9. The molecule has 0 aliphatic carbocycles. The summed E-state index contributed by atoms with van der Waals surface area (Å²) in [6, 6.07) is 23.1. The van der Waals surface area contributed by atoms with Crippen molar-refractivity contribution in [3.63, 3.8) is 0 Å². The molecule has 1 saturated heterocycles. The molecule has 3 aromatic carbocycles. The number of hydrogen-bond acceptors (Lipinski definition) is 8. The summed E-state index contributed by atoms with van der Waals surface area (Å²) in [5.74, 6) is 1.04. The summed E-state index contributed by atoms with van der Waals surface area (Å²) >= 11 is 0. The van der Waals surface area contributed by atoms with Gasteiger partial charge in [0.15, 0.2) is 0 Å². The van der Waals surface area contributed by atoms with E-state index in [4.69, 9.17) is 9.47 Å². The molecule has 4 aromatic rings. The van der Waals surface area contributed by atoms with Crippen molar-refractivity contribution in [2.24, 2.45) is 0 Å². The second-order valence-corrected chi connectivity index (χ2v) is 10.0. The molecule has 0 atom stereocenters. The third-order valence-electron chi connectivity index (χ3n) is 7.07. The molecule has 9 heteroatoms. The number of ether oxygens (including phenoxy) is 2. The molecule has 0 radical (unpaired) electrons. The zero-order chi connectivity index (χ0) is 28.8. The number of carbonyl (C=O) groups excluding carboxylic acids is 1. The maximum Gasteiger partial charge on any atom is 0.425 e. The van der Waals surface area contributed by atoms with E-state index in [1.54, 1.807) is 17.2 Å². The van der Waals surface area contributed by atoms with Crippen LogP contribution in [-0.2, 0) is 0 Å². The Morgan fingerprint density at radius 3 is 2.34 bits per heavy atom. The summed E-state index contributed by atoms with van der Waals surface area (Å²) in [5, 5.41) is 3.22. The Labute approximate surface area is 241 Å². The lowest BCUT2D eigenvalue weighted by Gasteiger charge is -2.34. The van der Waals surface area contributed by atoms with Crippen molar-refractivity contribution in [2.45, 2.75) is 20.8 Å². The van der Waals surface area contributed by atoms with Crippen molar-refractivity contribution in [2.75, 3.05) is 55.0 Å². The van der Waals surface area contributed by atoms with Gasteiger partial charge in [-0.15, -0.1) is 0 Å². The number of piperazine rings is 1. The van der Waals surface area contributed by atoms with E-state index in [0.717, 1.165) is 48.7 Å². The molecule has 0 unspecified atom stereocenters. The van der Waals surface area contributed by atoms with Gasteiger partial charge < -0.3 is 24.6 Å². The molecule has 0 saturated carbocycles. The highest BCUT2D eigenvalue weighted by Crippen LogP contribution is 2.38. The number of carbonyl (C=O) groups is 1. The standard InChI is InChI=1S/C32H36N6O3/c1-5-40-28-12-7-6-11-27(28)38(30-23(2)9-8-10-24(30)3)32(39)41-29-17-18-33-31(35-29)34-25-13-15-26(16-14-25)37-21-19-36(4)20-22-37/h6-18H,5,19-22H2,1-4H3,(H,33,34,35). The number of amides is 1. The third kappa shape index (κ3) is 6.58. The van der Waals surface area contributed by atoms with Crippen molar-refractivity contribution in [1.29, 1.82) is 0 Å². The minimum Gasteiger partial charge on any atom is -0.492 e. The smallest absolute Gasteiger partial charge is 0.425 e. The third-order valence-corrected chi connectivity index (χ3v) is 7.07. The number of anilines is 5. The van der Waals surface area contributed by atoms with Crippen LogP contribution in [0.15, 0.2) is 79.0 Å². The SMILES string of the molecule is CCOc1ccccc1N(C(=O)Oc1ccnc(Nc2ccc(N3CCN(C)CC3)cc2)n1)c1c(C)cccc1C. The van der Waals surface area contributed by atoms with Crippen LogP contribution in [0.3, 0.4) is 0 Å². The van der Waals surface area contributed by atoms with Gasteiger partial charge in [-0.25, -0.2) is 14.7 Å². The highest BCUT2D eigenvalue weighted by molar-refractivity contribution is 6.00. The fourth-order valence-electron chi connectivity index (χ4n) is 4.93. The average molecular weight is 553 g/mol. The molecule has 1 aliphatic rings. The van der Waals surface area contributed by atoms with Crippen LogP contribution in [0.1, 0.15) is 18.1 Å². The number of para-hydroxylation sites is 3. The van der Waals surface area contributed by atoms with E-state index in [0.29, 0.717) is 24.0 Å². The number of hydrogen-bond donors (Lipinski definition) is 1. The van der Waals surface area contributed by atoms with Crippen LogP contribution in [-0.4, -0.2) is 60.8 Å². The van der Waals surface area contributed by atoms with Crippen molar-refractivity contribution in [3.8, 4) is 11.6 Å². The van der Waals surface area contributed by atoms with E-state index >= 15 is 0 Å². The summed E-state index contributed by atoms with van der Waals surface area (Å²) in [7, 11) is 2.15. The predicted octanol–water partition coefficient (Wildman–Crippen LogP) is 6.32. The average Bonchev–Trinajstić information content (AvgIpc) is 2.97. The summed E-state index contributed by atoms with van der Waals surface area (Å²) in [5.41, 5.74) is 5.21. The van der Waals surface area contributed by atoms with E-state index in [1.165, 1.54) is 5.69 Å². The first-order valence-corrected chi connectivity index (χ1v) is 13.9. The van der Waals surface area contributed by atoms with Gasteiger partial charge in [0.25, 0.3) is 0 Å². The monoisotopic (exact) mass is 552 g/mol. The summed E-state index contributed by atoms with van der Waals surface area (Å²) in [6.07, 6.45) is 0.962. The molecule has 41 heavy (non-hydrogen) atoms. The fraction of sp³-hybridized carbons (Fsp3) is 0.281. The van der Waals surface area contributed by atoms with Gasteiger partial charge in [-0.3, -0.25) is 0 Å². The lowest BCUT2D eigenvalue weighted by molar-refractivity contribution is 0.208. The first kappa shape index (κ1) is 27.9. The summed E-state index contributed by atoms with van der Waals surface area (Å²) in [6.45, 7) is 10.4. The number of benzene rings is 3. The van der Waals surface area contributed by atoms with Crippen LogP contribution in [0.4, 0.5) is 33.5 Å². The van der Waals surface area contributed by atoms with Gasteiger partial charge in [0.1, 0.15) is 5.75 Å². The van der Waals surface area contributed by atoms with Crippen molar-refractivity contribution >= 4 is 34.8 Å². The van der Waals surface area contributed by atoms with Crippen LogP contribution < -0.4 is 24.6 Å². The lowest BCUT2D eigenvalue weighted by atomic mass is 10.1. The van der Waals surface area contributed by atoms with E-state index in [-0.39, 0.29) is 5.88 Å². The van der Waals surface area contributed by atoms with Gasteiger partial charge in [0.2, 0.25) is 11.8 Å². The van der Waals surface area contributed by atoms with E-state index < -0.39 is 6.09 Å². The quantitative estimate of drug-likeness (QED) is 0.272. The second kappa shape index (κ2) is 12.7. The number of aromatic nitrogens is 2. The number of nitrogens with one attached hydrogen (secondary N) is 1. The minimum atomic E-state index is -0.601. The summed E-state index contributed by atoms with van der Waals surface area (Å²) < 4.78 is 11.7. The highest BCUT2D eigenvalue weighted by atomic mass is 16.6. The van der Waals surface area contributed by atoms with E-state index in [9.17, 15) is 4.79 Å². The molecule has 1 aromatic heterocycles. The largest absolute Gasteiger partial charge is 0.492 e. The maximum absolute atomic E-state index is 13.8. The van der Waals surface area contributed by atoms with Crippen LogP contribution in [0.5, 0.6) is 11.6 Å². The predicted molar refractivity (Wildman–Crippen MR) is 163 cm³/mol. The first-order valence-electron chi connectivity index (χ1n) is 13.9. The molecule has 1 aliphatic heterocycles. The van der Waals surface area contributed by atoms with Crippen LogP contribution in [0.25, 0.3) is 0 Å². The number of nitrogens with zero attached hydrogens (tertiary/aromatic N) is 5. The Bertz CT molecular complexity index is 1470. The van der Waals surface area contributed by atoms with Crippen molar-refractivity contribution in [3.05, 3.63) is 90.1 Å². The lowest BCUT2D eigenvalue weighted by Crippen LogP contribution is -2.44. The molecule has 212 valence electrons. The molecule has 0 spiro atoms. The second-order valence-electron chi connectivity index (χ2n) is 10.0. The van der Waals surface area contributed by atoms with Crippen LogP contribution in [0, 0.1) is 13.8 Å². The number of rotatable bonds is 8. The van der Waals surface area contributed by atoms with Gasteiger partial charge in [-0.2, -0.15) is 4.98 Å². The van der Waals surface area contributed by atoms with E-state index in [2.05, 4.69) is 44.3 Å². The first-order chi connectivity index (χ1) is 19.9. The molecule has 5 rings (SSSR count). The van der Waals surface area contributed by atoms with Gasteiger partial charge in [0.05, 0.1) is 18.0 Å². The molecule has 2 heterocycles. The Kier molecular flexibility index (Phi) is 8.64. The molecule has 1 fully saturated rings. The van der Waals surface area contributed by atoms with Crippen LogP contribution >= 0.6 is 0 Å². The molecular formula is C32H36N6O3. The van der Waals surface area contributed by atoms with Crippen molar-refractivity contribution < 1.29 is 14.3 Å². The zero-order valence-corrected chi connectivity index (χ0v) is 24.0. The minimum absolute atomic E-state index is 0.131. The Balaban J connectivity index is 1.36. The van der Waals surface area contributed by atoms with E-state index in [1.807, 2.05) is 75.4 Å². The Morgan fingerprint density at radius 1 is 0.927 bits per heavy atom. The van der Waals surface area contributed by atoms with Crippen LogP contribution in [0.2, 0.25) is 0 Å². The Morgan fingerprint density at radius 2 is 1.63 bits per heavy atom. The number of aryl methyl sites for hydroxylation is 2. The molecule has 1 N–H and O–H groups in total.